The predicted molar refractivity (Wildman–Crippen MR) is 100 cm³/mol. The minimum Gasteiger partial charge on any atom is -0.355 e. The Balaban J connectivity index is 1.62. The van der Waals surface area contributed by atoms with E-state index in [1.807, 2.05) is 36.5 Å². The number of H-pyrrole nitrogens is 1. The molecule has 4 aromatic rings. The topological polar surface area (TPSA) is 95.6 Å². The van der Waals surface area contributed by atoms with Crippen molar-refractivity contribution >= 4 is 28.4 Å². The van der Waals surface area contributed by atoms with E-state index < -0.39 is 0 Å². The van der Waals surface area contributed by atoms with Crippen molar-refractivity contribution in [3.05, 3.63) is 66.6 Å². The van der Waals surface area contributed by atoms with Crippen molar-refractivity contribution < 1.29 is 4.79 Å². The van der Waals surface area contributed by atoms with Gasteiger partial charge in [0.1, 0.15) is 0 Å². The maximum atomic E-state index is 11.7. The predicted octanol–water partition coefficient (Wildman–Crippen LogP) is 3.12. The molecular formula is C19H16N6O. The molecule has 1 amide bonds. The second kappa shape index (κ2) is 6.64. The standard InChI is InChI=1S/C19H16N6O/c1-20-18(26)13-3-2-4-16(8-13)24-19-21-9-14-7-12(5-6-17(14)25-19)15-10-22-23-11-15/h2-11H,1H3,(H,20,26)(H,22,23)(H,21,24,25). The van der Waals surface area contributed by atoms with E-state index in [0.29, 0.717) is 11.5 Å². The van der Waals surface area contributed by atoms with Gasteiger partial charge < -0.3 is 10.6 Å². The lowest BCUT2D eigenvalue weighted by Gasteiger charge is -2.08. The van der Waals surface area contributed by atoms with Crippen molar-refractivity contribution in [1.82, 2.24) is 25.5 Å². The van der Waals surface area contributed by atoms with Crippen LogP contribution >= 0.6 is 0 Å². The van der Waals surface area contributed by atoms with Crippen molar-refractivity contribution in [2.24, 2.45) is 0 Å². The monoisotopic (exact) mass is 344 g/mol. The Morgan fingerprint density at radius 1 is 1.08 bits per heavy atom. The fourth-order valence-electron chi connectivity index (χ4n) is 2.69. The average molecular weight is 344 g/mol. The number of fused-ring (bicyclic) bond motifs is 1. The molecule has 0 aliphatic heterocycles. The number of rotatable bonds is 4. The molecule has 7 heteroatoms. The van der Waals surface area contributed by atoms with E-state index in [-0.39, 0.29) is 5.91 Å². The van der Waals surface area contributed by atoms with Crippen molar-refractivity contribution in [1.29, 1.82) is 0 Å². The summed E-state index contributed by atoms with van der Waals surface area (Å²) in [6.45, 7) is 0. The van der Waals surface area contributed by atoms with Gasteiger partial charge in [-0.15, -0.1) is 0 Å². The third-order valence-corrected chi connectivity index (χ3v) is 4.02. The highest BCUT2D eigenvalue weighted by atomic mass is 16.1. The molecular weight excluding hydrogens is 328 g/mol. The van der Waals surface area contributed by atoms with E-state index in [1.165, 1.54) is 0 Å². The van der Waals surface area contributed by atoms with Gasteiger partial charge in [-0.05, 0) is 35.9 Å². The van der Waals surface area contributed by atoms with E-state index in [4.69, 9.17) is 0 Å². The minimum absolute atomic E-state index is 0.139. The zero-order valence-corrected chi connectivity index (χ0v) is 14.0. The molecule has 4 rings (SSSR count). The van der Waals surface area contributed by atoms with E-state index in [1.54, 1.807) is 31.6 Å². The SMILES string of the molecule is CNC(=O)c1cccc(Nc2ncc3cc(-c4cn[nH]c4)ccc3n2)c1. The number of carbonyl (C=O) groups is 1. The number of hydrogen-bond donors (Lipinski definition) is 3. The van der Waals surface area contributed by atoms with Crippen LogP contribution in [-0.2, 0) is 0 Å². The lowest BCUT2D eigenvalue weighted by molar-refractivity contribution is 0.0963. The van der Waals surface area contributed by atoms with Crippen LogP contribution in [0.3, 0.4) is 0 Å². The minimum atomic E-state index is -0.139. The first-order chi connectivity index (χ1) is 12.7. The zero-order valence-electron chi connectivity index (χ0n) is 14.0. The largest absolute Gasteiger partial charge is 0.355 e. The molecule has 0 atom stereocenters. The van der Waals surface area contributed by atoms with E-state index in [2.05, 4.69) is 30.8 Å². The molecule has 3 N–H and O–H groups in total. The molecule has 0 fully saturated rings. The summed E-state index contributed by atoms with van der Waals surface area (Å²) < 4.78 is 0. The Morgan fingerprint density at radius 2 is 2.00 bits per heavy atom. The fraction of sp³-hybridized carbons (Fsp3) is 0.0526. The van der Waals surface area contributed by atoms with E-state index in [0.717, 1.165) is 27.7 Å². The highest BCUT2D eigenvalue weighted by molar-refractivity contribution is 5.95. The number of nitrogens with zero attached hydrogens (tertiary/aromatic N) is 3. The van der Waals surface area contributed by atoms with Crippen LogP contribution < -0.4 is 10.6 Å². The molecule has 7 nitrogen and oxygen atoms in total. The van der Waals surface area contributed by atoms with Crippen LogP contribution in [0, 0.1) is 0 Å². The van der Waals surface area contributed by atoms with Gasteiger partial charge in [-0.25, -0.2) is 9.97 Å². The molecule has 0 aliphatic carbocycles. The Bertz CT molecular complexity index is 1070. The summed E-state index contributed by atoms with van der Waals surface area (Å²) >= 11 is 0. The maximum Gasteiger partial charge on any atom is 0.251 e. The Kier molecular flexibility index (Phi) is 4.03. The third kappa shape index (κ3) is 3.10. The van der Waals surface area contributed by atoms with Gasteiger partial charge in [0.2, 0.25) is 5.95 Å². The van der Waals surface area contributed by atoms with Crippen molar-refractivity contribution in [3.8, 4) is 11.1 Å². The number of aromatic nitrogens is 4. The van der Waals surface area contributed by atoms with E-state index in [9.17, 15) is 4.79 Å². The molecule has 2 aromatic carbocycles. The van der Waals surface area contributed by atoms with Crippen LogP contribution in [0.2, 0.25) is 0 Å². The van der Waals surface area contributed by atoms with Crippen molar-refractivity contribution in [2.45, 2.75) is 0 Å². The quantitative estimate of drug-likeness (QED) is 0.529. The molecule has 2 heterocycles. The second-order valence-electron chi connectivity index (χ2n) is 5.74. The average Bonchev–Trinajstić information content (AvgIpc) is 3.22. The first-order valence-electron chi connectivity index (χ1n) is 8.08. The maximum absolute atomic E-state index is 11.7. The number of anilines is 2. The Hall–Kier alpha value is -3.74. The number of amides is 1. The number of aromatic amines is 1. The van der Waals surface area contributed by atoms with Gasteiger partial charge in [-0.1, -0.05) is 12.1 Å². The van der Waals surface area contributed by atoms with Crippen LogP contribution in [0.5, 0.6) is 0 Å². The molecule has 0 bridgehead atoms. The smallest absolute Gasteiger partial charge is 0.251 e. The summed E-state index contributed by atoms with van der Waals surface area (Å²) in [4.78, 5) is 20.7. The lowest BCUT2D eigenvalue weighted by atomic mass is 10.1. The Labute approximate surface area is 149 Å². The van der Waals surface area contributed by atoms with Crippen molar-refractivity contribution in [3.63, 3.8) is 0 Å². The molecule has 0 spiro atoms. The van der Waals surface area contributed by atoms with Crippen LogP contribution in [0.4, 0.5) is 11.6 Å². The van der Waals surface area contributed by atoms with E-state index >= 15 is 0 Å². The van der Waals surface area contributed by atoms with Crippen LogP contribution in [0.1, 0.15) is 10.4 Å². The highest BCUT2D eigenvalue weighted by Crippen LogP contribution is 2.23. The van der Waals surface area contributed by atoms with Gasteiger partial charge >= 0.3 is 0 Å². The molecule has 2 aromatic heterocycles. The number of benzene rings is 2. The van der Waals surface area contributed by atoms with Gasteiger partial charge in [0.25, 0.3) is 5.91 Å². The summed E-state index contributed by atoms with van der Waals surface area (Å²) in [5, 5.41) is 13.5. The van der Waals surface area contributed by atoms with Gasteiger partial charge in [0.15, 0.2) is 0 Å². The summed E-state index contributed by atoms with van der Waals surface area (Å²) in [7, 11) is 1.60. The lowest BCUT2D eigenvalue weighted by Crippen LogP contribution is -2.17. The normalized spacial score (nSPS) is 10.7. The van der Waals surface area contributed by atoms with Crippen LogP contribution in [0.15, 0.2) is 61.1 Å². The van der Waals surface area contributed by atoms with Gasteiger partial charge in [0, 0.05) is 41.6 Å². The zero-order chi connectivity index (χ0) is 17.9. The first-order valence-corrected chi connectivity index (χ1v) is 8.08. The molecule has 0 radical (unpaired) electrons. The third-order valence-electron chi connectivity index (χ3n) is 4.02. The summed E-state index contributed by atoms with van der Waals surface area (Å²) in [5.41, 5.74) is 4.22. The molecule has 0 unspecified atom stereocenters. The summed E-state index contributed by atoms with van der Waals surface area (Å²) in [6.07, 6.45) is 5.39. The van der Waals surface area contributed by atoms with Gasteiger partial charge in [0.05, 0.1) is 11.7 Å². The Morgan fingerprint density at radius 3 is 2.81 bits per heavy atom. The van der Waals surface area contributed by atoms with Crippen LogP contribution in [0.25, 0.3) is 22.0 Å². The summed E-state index contributed by atoms with van der Waals surface area (Å²) in [5.74, 6) is 0.336. The summed E-state index contributed by atoms with van der Waals surface area (Å²) in [6, 6.07) is 13.2. The van der Waals surface area contributed by atoms with Gasteiger partial charge in [-0.2, -0.15) is 5.10 Å². The molecule has 26 heavy (non-hydrogen) atoms. The molecule has 0 aliphatic rings. The molecule has 0 saturated heterocycles. The second-order valence-corrected chi connectivity index (χ2v) is 5.74. The van der Waals surface area contributed by atoms with Crippen molar-refractivity contribution in [2.75, 3.05) is 12.4 Å². The van der Waals surface area contributed by atoms with Crippen LogP contribution in [-0.4, -0.2) is 33.1 Å². The molecule has 0 saturated carbocycles. The fourth-order valence-corrected chi connectivity index (χ4v) is 2.69. The number of hydrogen-bond acceptors (Lipinski definition) is 5. The number of carbonyl (C=O) groups excluding carboxylic acids is 1. The number of nitrogens with one attached hydrogen (secondary N) is 3. The first kappa shape index (κ1) is 15.8. The highest BCUT2D eigenvalue weighted by Gasteiger charge is 2.06. The van der Waals surface area contributed by atoms with Gasteiger partial charge in [-0.3, -0.25) is 9.89 Å². The molecule has 128 valence electrons.